The van der Waals surface area contributed by atoms with Gasteiger partial charge in [-0.05, 0) is 38.1 Å². The van der Waals surface area contributed by atoms with Crippen LogP contribution >= 0.6 is 11.6 Å². The highest BCUT2D eigenvalue weighted by Crippen LogP contribution is 2.22. The molecule has 0 aliphatic carbocycles. The molecular formula is C21H17ClN4O3. The molecule has 0 aliphatic heterocycles. The Hall–Kier alpha value is -3.45. The average molecular weight is 409 g/mol. The highest BCUT2D eigenvalue weighted by Gasteiger charge is 2.14. The zero-order valence-corrected chi connectivity index (χ0v) is 16.6. The summed E-state index contributed by atoms with van der Waals surface area (Å²) in [5.74, 6) is 0.193. The van der Waals surface area contributed by atoms with E-state index in [1.165, 1.54) is 0 Å². The fourth-order valence-electron chi connectivity index (χ4n) is 2.84. The zero-order valence-electron chi connectivity index (χ0n) is 15.8. The highest BCUT2D eigenvalue weighted by atomic mass is 35.5. The van der Waals surface area contributed by atoms with Gasteiger partial charge < -0.3 is 9.26 Å². The lowest BCUT2D eigenvalue weighted by Gasteiger charge is -2.06. The van der Waals surface area contributed by atoms with E-state index in [-0.39, 0.29) is 12.5 Å². The molecule has 146 valence electrons. The molecule has 0 aliphatic rings. The normalized spacial score (nSPS) is 10.9. The van der Waals surface area contributed by atoms with Gasteiger partial charge in [-0.3, -0.25) is 0 Å². The van der Waals surface area contributed by atoms with Gasteiger partial charge in [-0.25, -0.2) is 9.48 Å². The standard InChI is InChI=1S/C21H17ClN4O3/c1-13-19(22)14(2)26(24-13)17-10-8-16(9-11-17)21(27)28-12-18-23-20(25-29-18)15-6-4-3-5-7-15/h3-11H,12H2,1-2H3. The summed E-state index contributed by atoms with van der Waals surface area (Å²) >= 11 is 6.19. The third-order valence-corrected chi connectivity index (χ3v) is 4.92. The molecule has 0 fully saturated rings. The molecule has 0 unspecified atom stereocenters. The third kappa shape index (κ3) is 3.90. The summed E-state index contributed by atoms with van der Waals surface area (Å²) in [6, 6.07) is 16.3. The van der Waals surface area contributed by atoms with Gasteiger partial charge in [0, 0.05) is 5.56 Å². The molecule has 0 radical (unpaired) electrons. The quantitative estimate of drug-likeness (QED) is 0.450. The van der Waals surface area contributed by atoms with E-state index in [2.05, 4.69) is 15.2 Å². The minimum absolute atomic E-state index is 0.104. The Balaban J connectivity index is 1.41. The highest BCUT2D eigenvalue weighted by molar-refractivity contribution is 6.31. The Morgan fingerprint density at radius 2 is 1.83 bits per heavy atom. The fraction of sp³-hybridized carbons (Fsp3) is 0.143. The minimum atomic E-state index is -0.484. The smallest absolute Gasteiger partial charge is 0.338 e. The van der Waals surface area contributed by atoms with Crippen molar-refractivity contribution >= 4 is 17.6 Å². The van der Waals surface area contributed by atoms with E-state index < -0.39 is 5.97 Å². The summed E-state index contributed by atoms with van der Waals surface area (Å²) < 4.78 is 12.2. The van der Waals surface area contributed by atoms with Gasteiger partial charge in [-0.15, -0.1) is 0 Å². The number of halogens is 1. The molecule has 0 saturated carbocycles. The molecule has 0 saturated heterocycles. The van der Waals surface area contributed by atoms with Gasteiger partial charge in [0.05, 0.1) is 27.7 Å². The van der Waals surface area contributed by atoms with Gasteiger partial charge in [0.2, 0.25) is 5.82 Å². The molecule has 8 heteroatoms. The summed E-state index contributed by atoms with van der Waals surface area (Å²) in [5, 5.41) is 8.93. The third-order valence-electron chi connectivity index (χ3n) is 4.38. The largest absolute Gasteiger partial charge is 0.452 e. The Kier molecular flexibility index (Phi) is 5.14. The van der Waals surface area contributed by atoms with Gasteiger partial charge >= 0.3 is 5.97 Å². The summed E-state index contributed by atoms with van der Waals surface area (Å²) in [4.78, 5) is 16.6. The molecule has 0 bridgehead atoms. The van der Waals surface area contributed by atoms with Crippen LogP contribution in [0.2, 0.25) is 5.02 Å². The lowest BCUT2D eigenvalue weighted by molar-refractivity contribution is 0.0430. The molecule has 0 amide bonds. The number of rotatable bonds is 5. The first-order chi connectivity index (χ1) is 14.0. The molecule has 4 rings (SSSR count). The molecule has 0 N–H and O–H groups in total. The van der Waals surface area contributed by atoms with Crippen LogP contribution in [0.5, 0.6) is 0 Å². The number of carbonyl (C=O) groups is 1. The van der Waals surface area contributed by atoms with Gasteiger partial charge in [-0.2, -0.15) is 10.1 Å². The molecular weight excluding hydrogens is 392 g/mol. The van der Waals surface area contributed by atoms with E-state index in [1.54, 1.807) is 28.9 Å². The number of aryl methyl sites for hydroxylation is 1. The summed E-state index contributed by atoms with van der Waals surface area (Å²) in [6.45, 7) is 3.63. The number of aromatic nitrogens is 4. The minimum Gasteiger partial charge on any atom is -0.452 e. The van der Waals surface area contributed by atoms with E-state index in [0.717, 1.165) is 22.6 Å². The van der Waals surface area contributed by atoms with Gasteiger partial charge in [0.1, 0.15) is 0 Å². The Morgan fingerprint density at radius 3 is 2.48 bits per heavy atom. The molecule has 4 aromatic rings. The van der Waals surface area contributed by atoms with Crippen molar-refractivity contribution in [3.8, 4) is 17.1 Å². The van der Waals surface area contributed by atoms with Crippen LogP contribution in [0.3, 0.4) is 0 Å². The van der Waals surface area contributed by atoms with Gasteiger partial charge in [-0.1, -0.05) is 47.1 Å². The van der Waals surface area contributed by atoms with Crippen LogP contribution in [-0.2, 0) is 11.3 Å². The van der Waals surface area contributed by atoms with E-state index in [1.807, 2.05) is 44.2 Å². The Morgan fingerprint density at radius 1 is 1.10 bits per heavy atom. The maximum absolute atomic E-state index is 12.3. The molecule has 2 aromatic heterocycles. The molecule has 29 heavy (non-hydrogen) atoms. The van der Waals surface area contributed by atoms with Crippen molar-refractivity contribution in [1.82, 2.24) is 19.9 Å². The van der Waals surface area contributed by atoms with Crippen LogP contribution in [-0.4, -0.2) is 25.9 Å². The van der Waals surface area contributed by atoms with Crippen LogP contribution in [0.25, 0.3) is 17.1 Å². The predicted octanol–water partition coefficient (Wildman–Crippen LogP) is 4.55. The maximum atomic E-state index is 12.3. The first-order valence-corrected chi connectivity index (χ1v) is 9.28. The zero-order chi connectivity index (χ0) is 20.4. The van der Waals surface area contributed by atoms with Crippen LogP contribution in [0, 0.1) is 13.8 Å². The maximum Gasteiger partial charge on any atom is 0.338 e. The molecule has 2 aromatic carbocycles. The number of esters is 1. The van der Waals surface area contributed by atoms with Crippen LogP contribution < -0.4 is 0 Å². The first kappa shape index (κ1) is 18.9. The number of hydrogen-bond acceptors (Lipinski definition) is 6. The van der Waals surface area contributed by atoms with Crippen molar-refractivity contribution in [2.45, 2.75) is 20.5 Å². The van der Waals surface area contributed by atoms with Crippen LogP contribution in [0.15, 0.2) is 59.1 Å². The average Bonchev–Trinajstić information content (AvgIpc) is 3.33. The van der Waals surface area contributed by atoms with Crippen LogP contribution in [0.4, 0.5) is 0 Å². The van der Waals surface area contributed by atoms with Gasteiger partial charge in [0.25, 0.3) is 5.89 Å². The monoisotopic (exact) mass is 408 g/mol. The topological polar surface area (TPSA) is 83.0 Å². The van der Waals surface area contributed by atoms with Crippen molar-refractivity contribution < 1.29 is 14.1 Å². The Bertz CT molecular complexity index is 1150. The van der Waals surface area contributed by atoms with E-state index in [4.69, 9.17) is 20.9 Å². The SMILES string of the molecule is Cc1nn(-c2ccc(C(=O)OCc3nc(-c4ccccc4)no3)cc2)c(C)c1Cl. The van der Waals surface area contributed by atoms with E-state index in [9.17, 15) is 4.79 Å². The molecule has 2 heterocycles. The van der Waals surface area contributed by atoms with Crippen molar-refractivity contribution in [3.05, 3.63) is 82.5 Å². The second kappa shape index (κ2) is 7.89. The second-order valence-electron chi connectivity index (χ2n) is 6.40. The lowest BCUT2D eigenvalue weighted by Crippen LogP contribution is -2.06. The van der Waals surface area contributed by atoms with E-state index in [0.29, 0.717) is 16.4 Å². The number of benzene rings is 2. The summed E-state index contributed by atoms with van der Waals surface area (Å²) in [6.07, 6.45) is 0. The number of nitrogens with zero attached hydrogens (tertiary/aromatic N) is 4. The van der Waals surface area contributed by atoms with Crippen molar-refractivity contribution in [3.63, 3.8) is 0 Å². The number of carbonyl (C=O) groups excluding carboxylic acids is 1. The molecule has 7 nitrogen and oxygen atoms in total. The Labute approximate surface area is 171 Å². The molecule has 0 atom stereocenters. The number of ether oxygens (including phenoxy) is 1. The second-order valence-corrected chi connectivity index (χ2v) is 6.78. The van der Waals surface area contributed by atoms with Crippen LogP contribution in [0.1, 0.15) is 27.6 Å². The van der Waals surface area contributed by atoms with E-state index >= 15 is 0 Å². The lowest BCUT2D eigenvalue weighted by atomic mass is 10.2. The van der Waals surface area contributed by atoms with Gasteiger partial charge in [0.15, 0.2) is 6.61 Å². The predicted molar refractivity (Wildman–Crippen MR) is 107 cm³/mol. The van der Waals surface area contributed by atoms with Crippen molar-refractivity contribution in [2.24, 2.45) is 0 Å². The van der Waals surface area contributed by atoms with Crippen molar-refractivity contribution in [1.29, 1.82) is 0 Å². The molecule has 0 spiro atoms. The first-order valence-electron chi connectivity index (χ1n) is 8.90. The summed E-state index contributed by atoms with van der Waals surface area (Å²) in [7, 11) is 0. The summed E-state index contributed by atoms with van der Waals surface area (Å²) in [5.41, 5.74) is 3.63. The fourth-order valence-corrected chi connectivity index (χ4v) is 2.96. The van der Waals surface area contributed by atoms with Crippen molar-refractivity contribution in [2.75, 3.05) is 0 Å². The number of hydrogen-bond donors (Lipinski definition) is 0.